The summed E-state index contributed by atoms with van der Waals surface area (Å²) in [5.74, 6) is 1.22. The number of aromatic nitrogens is 3. The smallest absolute Gasteiger partial charge is 0.240 e. The molecule has 172 valence electrons. The van der Waals surface area contributed by atoms with Crippen LogP contribution in [0.15, 0.2) is 84.0 Å². The highest BCUT2D eigenvalue weighted by Crippen LogP contribution is 2.38. The Labute approximate surface area is 206 Å². The molecular weight excluding hydrogens is 470 g/mol. The van der Waals surface area contributed by atoms with Gasteiger partial charge in [-0.25, -0.2) is 4.68 Å². The van der Waals surface area contributed by atoms with Crippen molar-refractivity contribution in [2.45, 2.75) is 30.0 Å². The number of nitrogens with zero attached hydrogens (tertiary/aromatic N) is 3. The number of benzene rings is 3. The second kappa shape index (κ2) is 9.79. The van der Waals surface area contributed by atoms with Crippen molar-refractivity contribution in [3.8, 4) is 5.75 Å². The molecular formula is C25H22ClN5O2S. The number of para-hydroxylation sites is 1. The Hall–Kier alpha value is -3.49. The molecule has 1 aliphatic heterocycles. The maximum Gasteiger partial charge on any atom is 0.240 e. The Morgan fingerprint density at radius 2 is 1.79 bits per heavy atom. The third kappa shape index (κ3) is 4.60. The molecule has 2 atom stereocenters. The van der Waals surface area contributed by atoms with Crippen molar-refractivity contribution in [1.82, 2.24) is 14.9 Å². The van der Waals surface area contributed by atoms with Crippen LogP contribution in [-0.4, -0.2) is 26.0 Å². The number of amides is 1. The van der Waals surface area contributed by atoms with Gasteiger partial charge in [0.15, 0.2) is 5.82 Å². The topological polar surface area (TPSA) is 81.1 Å². The third-order valence-corrected chi connectivity index (χ3v) is 7.18. The Morgan fingerprint density at radius 1 is 1.06 bits per heavy atom. The number of hydrogen-bond acceptors (Lipinski definition) is 6. The zero-order chi connectivity index (χ0) is 23.5. The Bertz CT molecular complexity index is 1300. The zero-order valence-electron chi connectivity index (χ0n) is 18.3. The maximum atomic E-state index is 13.4. The quantitative estimate of drug-likeness (QED) is 0.385. The molecule has 5 rings (SSSR count). The Kier molecular flexibility index (Phi) is 6.42. The molecule has 34 heavy (non-hydrogen) atoms. The first-order chi connectivity index (χ1) is 16.6. The normalized spacial score (nSPS) is 16.9. The van der Waals surface area contributed by atoms with Crippen molar-refractivity contribution in [3.05, 3.63) is 101 Å². The van der Waals surface area contributed by atoms with Gasteiger partial charge >= 0.3 is 0 Å². The number of halogens is 1. The summed E-state index contributed by atoms with van der Waals surface area (Å²) in [5, 5.41) is 12.4. The number of anilines is 1. The molecule has 0 fully saturated rings. The first-order valence-corrected chi connectivity index (χ1v) is 12.0. The number of fused-ring (bicyclic) bond motifs is 1. The molecule has 2 N–H and O–H groups in total. The predicted molar refractivity (Wildman–Crippen MR) is 134 cm³/mol. The van der Waals surface area contributed by atoms with Gasteiger partial charge < -0.3 is 15.5 Å². The number of hydrogen-bond donors (Lipinski definition) is 2. The second-order valence-electron chi connectivity index (χ2n) is 7.79. The van der Waals surface area contributed by atoms with E-state index in [1.165, 1.54) is 11.8 Å². The average Bonchev–Trinajstić information content (AvgIpc) is 3.28. The molecule has 0 aliphatic carbocycles. The first-order valence-electron chi connectivity index (χ1n) is 10.8. The maximum absolute atomic E-state index is 13.4. The molecule has 1 aliphatic rings. The summed E-state index contributed by atoms with van der Waals surface area (Å²) in [6.45, 7) is 2.12. The lowest BCUT2D eigenvalue weighted by Crippen LogP contribution is -2.41. The van der Waals surface area contributed by atoms with Gasteiger partial charge in [-0.05, 0) is 42.3 Å². The minimum atomic E-state index is -0.486. The summed E-state index contributed by atoms with van der Waals surface area (Å²) in [7, 11) is 0. The highest BCUT2D eigenvalue weighted by atomic mass is 35.5. The second-order valence-corrected chi connectivity index (χ2v) is 9.31. The van der Waals surface area contributed by atoms with Gasteiger partial charge in [0.1, 0.15) is 17.6 Å². The van der Waals surface area contributed by atoms with Crippen LogP contribution < -0.4 is 15.5 Å². The van der Waals surface area contributed by atoms with Crippen LogP contribution in [0, 0.1) is 6.92 Å². The van der Waals surface area contributed by atoms with Crippen LogP contribution in [0.1, 0.15) is 23.0 Å². The highest BCUT2D eigenvalue weighted by Gasteiger charge is 2.38. The van der Waals surface area contributed by atoms with E-state index in [9.17, 15) is 4.79 Å². The zero-order valence-corrected chi connectivity index (χ0v) is 19.9. The van der Waals surface area contributed by atoms with Crippen molar-refractivity contribution in [3.63, 3.8) is 0 Å². The van der Waals surface area contributed by atoms with Crippen LogP contribution >= 0.6 is 23.4 Å². The van der Waals surface area contributed by atoms with Crippen LogP contribution in [0.2, 0.25) is 5.02 Å². The Morgan fingerprint density at radius 3 is 2.56 bits per heavy atom. The molecule has 2 heterocycles. The van der Waals surface area contributed by atoms with Gasteiger partial charge in [-0.2, -0.15) is 0 Å². The molecule has 0 radical (unpaired) electrons. The summed E-state index contributed by atoms with van der Waals surface area (Å²) < 4.78 is 7.68. The van der Waals surface area contributed by atoms with Gasteiger partial charge in [0.2, 0.25) is 11.1 Å². The average molecular weight is 492 g/mol. The predicted octanol–water partition coefficient (Wildman–Crippen LogP) is 5.22. The van der Waals surface area contributed by atoms with E-state index in [-0.39, 0.29) is 18.6 Å². The van der Waals surface area contributed by atoms with Crippen molar-refractivity contribution >= 4 is 35.0 Å². The van der Waals surface area contributed by atoms with E-state index in [0.29, 0.717) is 21.7 Å². The van der Waals surface area contributed by atoms with Gasteiger partial charge in [-0.15, -0.1) is 10.2 Å². The van der Waals surface area contributed by atoms with Gasteiger partial charge in [0.25, 0.3) is 0 Å². The van der Waals surface area contributed by atoms with E-state index >= 15 is 0 Å². The van der Waals surface area contributed by atoms with Gasteiger partial charge in [-0.3, -0.25) is 4.79 Å². The van der Waals surface area contributed by atoms with Crippen molar-refractivity contribution in [2.75, 3.05) is 10.7 Å². The fourth-order valence-electron chi connectivity index (χ4n) is 3.71. The summed E-state index contributed by atoms with van der Waals surface area (Å²) in [5.41, 5.74) is 5.94. The standard InChI is InChI=1S/C25H22ClN5O2S/c1-16-19(26)13-8-14-20(16)27-24(32)23-22(17-9-4-2-5-10-17)30-31-21(28-29-25(31)34-23)15-33-18-11-6-3-7-12-18/h2-14,22-23,30H,15H2,1H3,(H,27,32). The fourth-order valence-corrected chi connectivity index (χ4v) is 4.99. The first kappa shape index (κ1) is 22.3. The molecule has 0 saturated heterocycles. The molecule has 0 bridgehead atoms. The summed E-state index contributed by atoms with van der Waals surface area (Å²) in [6, 6.07) is 24.6. The lowest BCUT2D eigenvalue weighted by Gasteiger charge is -2.33. The third-order valence-electron chi connectivity index (χ3n) is 5.56. The van der Waals surface area contributed by atoms with Crippen LogP contribution in [0.3, 0.4) is 0 Å². The number of rotatable bonds is 6. The van der Waals surface area contributed by atoms with Crippen molar-refractivity contribution in [2.24, 2.45) is 0 Å². The molecule has 7 nitrogen and oxygen atoms in total. The summed E-state index contributed by atoms with van der Waals surface area (Å²) in [6.07, 6.45) is 0. The molecule has 1 aromatic heterocycles. The molecule has 2 unspecified atom stereocenters. The largest absolute Gasteiger partial charge is 0.486 e. The molecule has 4 aromatic rings. The van der Waals surface area contributed by atoms with Crippen LogP contribution in [-0.2, 0) is 11.4 Å². The van der Waals surface area contributed by atoms with E-state index in [2.05, 4.69) is 20.9 Å². The van der Waals surface area contributed by atoms with E-state index < -0.39 is 5.25 Å². The van der Waals surface area contributed by atoms with Crippen LogP contribution in [0.25, 0.3) is 0 Å². The molecule has 9 heteroatoms. The number of nitrogens with one attached hydrogen (secondary N) is 2. The van der Waals surface area contributed by atoms with Gasteiger partial charge in [0.05, 0.1) is 6.04 Å². The summed E-state index contributed by atoms with van der Waals surface area (Å²) >= 11 is 7.62. The monoisotopic (exact) mass is 491 g/mol. The Balaban J connectivity index is 1.42. The van der Waals surface area contributed by atoms with Gasteiger partial charge in [-0.1, -0.05) is 78.0 Å². The molecule has 3 aromatic carbocycles. The van der Waals surface area contributed by atoms with E-state index in [1.54, 1.807) is 10.7 Å². The van der Waals surface area contributed by atoms with Crippen LogP contribution in [0.5, 0.6) is 5.75 Å². The number of carbonyl (C=O) groups excluding carboxylic acids is 1. The summed E-state index contributed by atoms with van der Waals surface area (Å²) in [4.78, 5) is 13.4. The SMILES string of the molecule is Cc1c(Cl)cccc1NC(=O)C1Sc2nnc(COc3ccccc3)n2NC1c1ccccc1. The van der Waals surface area contributed by atoms with E-state index in [1.807, 2.05) is 79.7 Å². The van der Waals surface area contributed by atoms with Crippen molar-refractivity contribution in [1.29, 1.82) is 0 Å². The molecule has 1 amide bonds. The van der Waals surface area contributed by atoms with E-state index in [0.717, 1.165) is 16.9 Å². The minimum Gasteiger partial charge on any atom is -0.486 e. The molecule has 0 saturated carbocycles. The number of ether oxygens (including phenoxy) is 1. The molecule has 0 spiro atoms. The van der Waals surface area contributed by atoms with E-state index in [4.69, 9.17) is 16.3 Å². The highest BCUT2D eigenvalue weighted by molar-refractivity contribution is 8.00. The number of thioether (sulfide) groups is 1. The van der Waals surface area contributed by atoms with Crippen molar-refractivity contribution < 1.29 is 9.53 Å². The van der Waals surface area contributed by atoms with Gasteiger partial charge in [0, 0.05) is 10.7 Å². The number of carbonyl (C=O) groups is 1. The minimum absolute atomic E-state index is 0.145. The fraction of sp³-hybridized carbons (Fsp3) is 0.160. The lowest BCUT2D eigenvalue weighted by molar-refractivity contribution is -0.116. The lowest BCUT2D eigenvalue weighted by atomic mass is 10.0. The van der Waals surface area contributed by atoms with Crippen LogP contribution in [0.4, 0.5) is 5.69 Å².